The third kappa shape index (κ3) is 3.08. The van der Waals surface area contributed by atoms with Crippen molar-refractivity contribution in [3.8, 4) is 0 Å². The average molecular weight is 319 g/mol. The van der Waals surface area contributed by atoms with Crippen molar-refractivity contribution < 1.29 is 9.90 Å². The van der Waals surface area contributed by atoms with Gasteiger partial charge in [0.1, 0.15) is 5.69 Å². The number of aliphatic hydroxyl groups excluding tert-OH is 1. The molecule has 0 saturated carbocycles. The Hall–Kier alpha value is -1.65. The van der Waals surface area contributed by atoms with E-state index < -0.39 is 0 Å². The summed E-state index contributed by atoms with van der Waals surface area (Å²) in [6.45, 7) is 3.16. The number of pyridine rings is 1. The number of likely N-dealkylation sites (tertiary alicyclic amines) is 1. The lowest BCUT2D eigenvalue weighted by atomic mass is 9.92. The van der Waals surface area contributed by atoms with E-state index in [0.29, 0.717) is 23.8 Å². The highest BCUT2D eigenvalue weighted by molar-refractivity contribution is 6.31. The maximum atomic E-state index is 12.6. The Balaban J connectivity index is 1.78. The lowest BCUT2D eigenvalue weighted by molar-refractivity contribution is 0.0517. The highest BCUT2D eigenvalue weighted by Crippen LogP contribution is 2.23. The van der Waals surface area contributed by atoms with E-state index in [9.17, 15) is 9.90 Å². The second-order valence-corrected chi connectivity index (χ2v) is 6.34. The summed E-state index contributed by atoms with van der Waals surface area (Å²) in [5.74, 6) is 0.235. The van der Waals surface area contributed by atoms with E-state index in [2.05, 4.69) is 4.98 Å². The highest BCUT2D eigenvalue weighted by atomic mass is 35.5. The van der Waals surface area contributed by atoms with Crippen molar-refractivity contribution in [2.24, 2.45) is 5.92 Å². The largest absolute Gasteiger partial charge is 0.393 e. The number of carbonyl (C=O) groups excluding carboxylic acids is 1. The van der Waals surface area contributed by atoms with Crippen LogP contribution in [0.4, 0.5) is 0 Å². The van der Waals surface area contributed by atoms with Crippen LogP contribution in [0.1, 0.15) is 30.3 Å². The molecule has 5 heteroatoms. The molecular weight excluding hydrogens is 300 g/mol. The van der Waals surface area contributed by atoms with Crippen molar-refractivity contribution >= 4 is 28.4 Å². The third-order valence-electron chi connectivity index (χ3n) is 4.38. The summed E-state index contributed by atoms with van der Waals surface area (Å²) >= 11 is 5.99. The summed E-state index contributed by atoms with van der Waals surface area (Å²) in [6.07, 6.45) is 1.37. The molecule has 2 heterocycles. The zero-order valence-electron chi connectivity index (χ0n) is 12.5. The average Bonchev–Trinajstić information content (AvgIpc) is 2.53. The number of nitrogens with zero attached hydrogens (tertiary/aromatic N) is 2. The van der Waals surface area contributed by atoms with Crippen molar-refractivity contribution in [2.45, 2.75) is 25.9 Å². The maximum absolute atomic E-state index is 12.6. The van der Waals surface area contributed by atoms with Crippen molar-refractivity contribution in [2.75, 3.05) is 13.1 Å². The molecule has 1 aliphatic rings. The molecule has 22 heavy (non-hydrogen) atoms. The summed E-state index contributed by atoms with van der Waals surface area (Å²) in [6, 6.07) is 9.14. The first-order chi connectivity index (χ1) is 10.5. The minimum absolute atomic E-state index is 0.0501. The Morgan fingerprint density at radius 2 is 2.00 bits per heavy atom. The fraction of sp³-hybridized carbons (Fsp3) is 0.412. The molecule has 1 aromatic heterocycles. The smallest absolute Gasteiger partial charge is 0.272 e. The van der Waals surface area contributed by atoms with Crippen LogP contribution in [0.15, 0.2) is 30.3 Å². The normalized spacial score (nSPS) is 17.7. The summed E-state index contributed by atoms with van der Waals surface area (Å²) in [4.78, 5) is 18.8. The van der Waals surface area contributed by atoms with Crippen molar-refractivity contribution in [3.05, 3.63) is 41.0 Å². The number of rotatable bonds is 2. The molecular formula is C17H19ClN2O2. The van der Waals surface area contributed by atoms with E-state index in [1.165, 1.54) is 0 Å². The summed E-state index contributed by atoms with van der Waals surface area (Å²) in [5, 5.41) is 11.2. The van der Waals surface area contributed by atoms with Gasteiger partial charge in [-0.15, -0.1) is 0 Å². The highest BCUT2D eigenvalue weighted by Gasteiger charge is 2.26. The van der Waals surface area contributed by atoms with E-state index >= 15 is 0 Å². The Labute approximate surface area is 134 Å². The van der Waals surface area contributed by atoms with Gasteiger partial charge >= 0.3 is 0 Å². The Kier molecular flexibility index (Phi) is 4.32. The van der Waals surface area contributed by atoms with E-state index in [1.807, 2.05) is 30.0 Å². The molecule has 0 aliphatic carbocycles. The van der Waals surface area contributed by atoms with Gasteiger partial charge in [0.15, 0.2) is 0 Å². The van der Waals surface area contributed by atoms with E-state index in [-0.39, 0.29) is 17.9 Å². The zero-order chi connectivity index (χ0) is 15.7. The molecule has 4 nitrogen and oxygen atoms in total. The molecule has 1 saturated heterocycles. The Morgan fingerprint density at radius 1 is 1.32 bits per heavy atom. The van der Waals surface area contributed by atoms with Crippen LogP contribution in [-0.4, -0.2) is 40.1 Å². The minimum atomic E-state index is -0.307. The van der Waals surface area contributed by atoms with Crippen LogP contribution in [0, 0.1) is 5.92 Å². The van der Waals surface area contributed by atoms with Gasteiger partial charge in [0.2, 0.25) is 0 Å². The van der Waals surface area contributed by atoms with Gasteiger partial charge in [-0.25, -0.2) is 4.98 Å². The molecule has 1 amide bonds. The lowest BCUT2D eigenvalue weighted by Crippen LogP contribution is -2.41. The minimum Gasteiger partial charge on any atom is -0.393 e. The predicted molar refractivity (Wildman–Crippen MR) is 87.1 cm³/mol. The fourth-order valence-corrected chi connectivity index (χ4v) is 3.12. The quantitative estimate of drug-likeness (QED) is 0.925. The molecule has 1 aromatic carbocycles. The van der Waals surface area contributed by atoms with E-state index in [4.69, 9.17) is 11.6 Å². The molecule has 1 N–H and O–H groups in total. The zero-order valence-corrected chi connectivity index (χ0v) is 13.3. The molecule has 1 atom stereocenters. The molecule has 116 valence electrons. The monoisotopic (exact) mass is 318 g/mol. The molecule has 1 fully saturated rings. The van der Waals surface area contributed by atoms with Crippen LogP contribution in [0.2, 0.25) is 5.02 Å². The summed E-state index contributed by atoms with van der Waals surface area (Å²) < 4.78 is 0. The molecule has 1 aliphatic heterocycles. The molecule has 0 radical (unpaired) electrons. The van der Waals surface area contributed by atoms with Gasteiger partial charge in [0.25, 0.3) is 5.91 Å². The number of amides is 1. The van der Waals surface area contributed by atoms with Crippen LogP contribution >= 0.6 is 11.6 Å². The van der Waals surface area contributed by atoms with Gasteiger partial charge < -0.3 is 10.0 Å². The number of benzene rings is 1. The number of halogens is 1. The van der Waals surface area contributed by atoms with Crippen molar-refractivity contribution in [3.63, 3.8) is 0 Å². The summed E-state index contributed by atoms with van der Waals surface area (Å²) in [5.41, 5.74) is 1.18. The maximum Gasteiger partial charge on any atom is 0.272 e. The van der Waals surface area contributed by atoms with Gasteiger partial charge in [-0.05, 0) is 43.9 Å². The lowest BCUT2D eigenvalue weighted by Gasteiger charge is -2.33. The van der Waals surface area contributed by atoms with Crippen LogP contribution in [0.5, 0.6) is 0 Å². The van der Waals surface area contributed by atoms with Crippen molar-refractivity contribution in [1.29, 1.82) is 0 Å². The predicted octanol–water partition coefficient (Wildman–Crippen LogP) is 3.12. The molecule has 0 unspecified atom stereocenters. The van der Waals surface area contributed by atoms with Gasteiger partial charge in [-0.2, -0.15) is 0 Å². The molecule has 0 spiro atoms. The van der Waals surface area contributed by atoms with Crippen molar-refractivity contribution in [1.82, 2.24) is 9.88 Å². The number of hydrogen-bond acceptors (Lipinski definition) is 3. The second-order valence-electron chi connectivity index (χ2n) is 5.90. The van der Waals surface area contributed by atoms with Gasteiger partial charge in [-0.1, -0.05) is 23.7 Å². The number of aliphatic hydroxyl groups is 1. The van der Waals surface area contributed by atoms with E-state index in [1.54, 1.807) is 12.1 Å². The number of aromatic nitrogens is 1. The van der Waals surface area contributed by atoms with Gasteiger partial charge in [0, 0.05) is 23.5 Å². The third-order valence-corrected chi connectivity index (χ3v) is 4.62. The second kappa shape index (κ2) is 6.23. The first kappa shape index (κ1) is 15.3. The fourth-order valence-electron chi connectivity index (χ4n) is 2.96. The number of hydrogen-bond donors (Lipinski definition) is 1. The first-order valence-electron chi connectivity index (χ1n) is 7.58. The SMILES string of the molecule is C[C@H](O)C1CCN(C(=O)c2ccc3ccc(Cl)cc3n2)CC1. The molecule has 0 bridgehead atoms. The number of carbonyl (C=O) groups is 1. The standard InChI is InChI=1S/C17H19ClN2O2/c1-11(21)12-6-8-20(9-7-12)17(22)15-5-3-13-2-4-14(18)10-16(13)19-15/h2-5,10-12,21H,6-9H2,1H3/t11-/m0/s1. The Bertz CT molecular complexity index is 694. The van der Waals surface area contributed by atoms with Crippen LogP contribution in [0.3, 0.4) is 0 Å². The summed E-state index contributed by atoms with van der Waals surface area (Å²) in [7, 11) is 0. The van der Waals surface area contributed by atoms with Crippen LogP contribution in [0.25, 0.3) is 10.9 Å². The Morgan fingerprint density at radius 3 is 2.68 bits per heavy atom. The number of fused-ring (bicyclic) bond motifs is 1. The number of piperidine rings is 1. The van der Waals surface area contributed by atoms with Gasteiger partial charge in [0.05, 0.1) is 11.6 Å². The van der Waals surface area contributed by atoms with Gasteiger partial charge in [-0.3, -0.25) is 4.79 Å². The van der Waals surface area contributed by atoms with Crippen LogP contribution < -0.4 is 0 Å². The molecule has 2 aromatic rings. The first-order valence-corrected chi connectivity index (χ1v) is 7.96. The van der Waals surface area contributed by atoms with E-state index in [0.717, 1.165) is 23.7 Å². The topological polar surface area (TPSA) is 53.4 Å². The van der Waals surface area contributed by atoms with Crippen LogP contribution in [-0.2, 0) is 0 Å². The molecule has 3 rings (SSSR count).